The summed E-state index contributed by atoms with van der Waals surface area (Å²) in [5, 5.41) is 3.20. The molecule has 2 heterocycles. The van der Waals surface area contributed by atoms with Crippen LogP contribution in [0.5, 0.6) is 5.75 Å². The summed E-state index contributed by atoms with van der Waals surface area (Å²) in [5.74, 6) is 1.39. The summed E-state index contributed by atoms with van der Waals surface area (Å²) < 4.78 is 5.58. The number of nitrogens with one attached hydrogen (secondary N) is 1. The number of aliphatic imine (C=N–C) groups is 1. The number of aromatic nitrogens is 1. The number of pyridine rings is 1. The summed E-state index contributed by atoms with van der Waals surface area (Å²) in [5.41, 5.74) is 8.32. The van der Waals surface area contributed by atoms with Crippen LogP contribution in [0.4, 0.5) is 0 Å². The standard InChI is InChI=1S/C21H29N5O/c1-27-20-10-3-2-9-18(20)19(26-14-6-7-15-26)16-25-21(22)24-13-11-17-8-4-5-12-23-17/h2-5,8-10,12,19H,6-7,11,13-16H2,1H3,(H3,22,24,25). The van der Waals surface area contributed by atoms with Gasteiger partial charge in [-0.25, -0.2) is 0 Å². The van der Waals surface area contributed by atoms with Crippen LogP contribution in [-0.2, 0) is 6.42 Å². The van der Waals surface area contributed by atoms with Crippen LogP contribution in [0.2, 0.25) is 0 Å². The third-order valence-corrected chi connectivity index (χ3v) is 4.93. The minimum absolute atomic E-state index is 0.180. The zero-order chi connectivity index (χ0) is 18.9. The van der Waals surface area contributed by atoms with Crippen molar-refractivity contribution in [2.24, 2.45) is 10.7 Å². The molecule has 1 aromatic heterocycles. The van der Waals surface area contributed by atoms with Crippen molar-refractivity contribution in [1.29, 1.82) is 0 Å². The lowest BCUT2D eigenvalue weighted by atomic mass is 10.0. The molecule has 2 aromatic rings. The van der Waals surface area contributed by atoms with Crippen molar-refractivity contribution in [3.8, 4) is 5.75 Å². The number of para-hydroxylation sites is 1. The first-order valence-corrected chi connectivity index (χ1v) is 9.58. The Morgan fingerprint density at radius 3 is 2.74 bits per heavy atom. The molecular weight excluding hydrogens is 338 g/mol. The van der Waals surface area contributed by atoms with Crippen LogP contribution >= 0.6 is 0 Å². The fourth-order valence-electron chi connectivity index (χ4n) is 3.51. The van der Waals surface area contributed by atoms with Crippen molar-refractivity contribution >= 4 is 5.96 Å². The average Bonchev–Trinajstić information content (AvgIpc) is 3.24. The molecule has 1 unspecified atom stereocenters. The van der Waals surface area contributed by atoms with Crippen molar-refractivity contribution in [3.63, 3.8) is 0 Å². The molecule has 27 heavy (non-hydrogen) atoms. The number of likely N-dealkylation sites (tertiary alicyclic amines) is 1. The van der Waals surface area contributed by atoms with E-state index in [0.29, 0.717) is 12.5 Å². The Labute approximate surface area is 161 Å². The van der Waals surface area contributed by atoms with E-state index in [2.05, 4.69) is 32.3 Å². The van der Waals surface area contributed by atoms with E-state index in [4.69, 9.17) is 10.5 Å². The number of nitrogens with two attached hydrogens (primary N) is 1. The molecule has 1 saturated heterocycles. The smallest absolute Gasteiger partial charge is 0.188 e. The van der Waals surface area contributed by atoms with E-state index in [1.807, 2.05) is 30.3 Å². The van der Waals surface area contributed by atoms with Crippen LogP contribution in [0.1, 0.15) is 30.1 Å². The number of guanidine groups is 1. The van der Waals surface area contributed by atoms with Gasteiger partial charge in [0.15, 0.2) is 5.96 Å². The highest BCUT2D eigenvalue weighted by Gasteiger charge is 2.25. The van der Waals surface area contributed by atoms with Crippen LogP contribution < -0.4 is 15.8 Å². The molecule has 1 aliphatic rings. The second-order valence-corrected chi connectivity index (χ2v) is 6.72. The van der Waals surface area contributed by atoms with E-state index in [1.54, 1.807) is 13.3 Å². The van der Waals surface area contributed by atoms with Crippen molar-refractivity contribution in [3.05, 3.63) is 59.9 Å². The van der Waals surface area contributed by atoms with Crippen molar-refractivity contribution < 1.29 is 4.74 Å². The molecule has 3 N–H and O–H groups in total. The van der Waals surface area contributed by atoms with E-state index in [-0.39, 0.29) is 6.04 Å². The first-order valence-electron chi connectivity index (χ1n) is 9.58. The Balaban J connectivity index is 1.62. The number of nitrogens with zero attached hydrogens (tertiary/aromatic N) is 3. The van der Waals surface area contributed by atoms with Gasteiger partial charge in [0.05, 0.1) is 19.7 Å². The normalized spacial score (nSPS) is 16.3. The topological polar surface area (TPSA) is 75.8 Å². The van der Waals surface area contributed by atoms with Gasteiger partial charge in [-0.15, -0.1) is 0 Å². The molecule has 3 rings (SSSR count). The summed E-state index contributed by atoms with van der Waals surface area (Å²) in [6.07, 6.45) is 5.08. The van der Waals surface area contributed by atoms with Gasteiger partial charge in [0.2, 0.25) is 0 Å². The molecular formula is C21H29N5O. The first-order chi connectivity index (χ1) is 13.3. The Kier molecular flexibility index (Phi) is 7.04. The van der Waals surface area contributed by atoms with Gasteiger partial charge in [-0.2, -0.15) is 0 Å². The summed E-state index contributed by atoms with van der Waals surface area (Å²) in [6, 6.07) is 14.3. The first kappa shape index (κ1) is 19.2. The zero-order valence-corrected chi connectivity index (χ0v) is 16.0. The minimum Gasteiger partial charge on any atom is -0.496 e. The van der Waals surface area contributed by atoms with E-state index in [1.165, 1.54) is 18.4 Å². The fourth-order valence-corrected chi connectivity index (χ4v) is 3.51. The molecule has 1 fully saturated rings. The highest BCUT2D eigenvalue weighted by molar-refractivity contribution is 5.77. The lowest BCUT2D eigenvalue weighted by Gasteiger charge is -2.28. The molecule has 0 aliphatic carbocycles. The lowest BCUT2D eigenvalue weighted by molar-refractivity contribution is 0.245. The molecule has 6 heteroatoms. The summed E-state index contributed by atoms with van der Waals surface area (Å²) in [4.78, 5) is 11.4. The fraction of sp³-hybridized carbons (Fsp3) is 0.429. The number of benzene rings is 1. The quantitative estimate of drug-likeness (QED) is 0.553. The van der Waals surface area contributed by atoms with Gasteiger partial charge in [-0.05, 0) is 44.1 Å². The number of rotatable bonds is 8. The van der Waals surface area contributed by atoms with E-state index in [9.17, 15) is 0 Å². The number of hydrogen-bond donors (Lipinski definition) is 2. The van der Waals surface area contributed by atoms with Crippen molar-refractivity contribution in [2.45, 2.75) is 25.3 Å². The predicted molar refractivity (Wildman–Crippen MR) is 109 cm³/mol. The van der Waals surface area contributed by atoms with E-state index >= 15 is 0 Å². The minimum atomic E-state index is 0.180. The molecule has 1 atom stereocenters. The van der Waals surface area contributed by atoms with Crippen molar-refractivity contribution in [1.82, 2.24) is 15.2 Å². The molecule has 144 valence electrons. The highest BCUT2D eigenvalue weighted by atomic mass is 16.5. The maximum absolute atomic E-state index is 6.10. The van der Waals surface area contributed by atoms with Gasteiger partial charge in [-0.3, -0.25) is 14.9 Å². The molecule has 0 bridgehead atoms. The van der Waals surface area contributed by atoms with Crippen LogP contribution in [0.3, 0.4) is 0 Å². The largest absolute Gasteiger partial charge is 0.496 e. The van der Waals surface area contributed by atoms with Crippen LogP contribution in [0.15, 0.2) is 53.7 Å². The van der Waals surface area contributed by atoms with Gasteiger partial charge in [-0.1, -0.05) is 24.3 Å². The number of ether oxygens (including phenoxy) is 1. The Morgan fingerprint density at radius 2 is 2.00 bits per heavy atom. The summed E-state index contributed by atoms with van der Waals surface area (Å²) >= 11 is 0. The SMILES string of the molecule is COc1ccccc1C(CN=C(N)NCCc1ccccn1)N1CCCC1. The molecule has 6 nitrogen and oxygen atoms in total. The molecule has 1 aliphatic heterocycles. The molecule has 0 radical (unpaired) electrons. The van der Waals surface area contributed by atoms with Gasteiger partial charge in [0, 0.05) is 30.4 Å². The second kappa shape index (κ2) is 9.92. The van der Waals surface area contributed by atoms with Crippen LogP contribution in [0, 0.1) is 0 Å². The Morgan fingerprint density at radius 1 is 1.22 bits per heavy atom. The van der Waals surface area contributed by atoms with E-state index < -0.39 is 0 Å². The Hall–Kier alpha value is -2.60. The van der Waals surface area contributed by atoms with Crippen LogP contribution in [-0.4, -0.2) is 49.1 Å². The molecule has 1 aromatic carbocycles. The highest BCUT2D eigenvalue weighted by Crippen LogP contribution is 2.31. The van der Waals surface area contributed by atoms with E-state index in [0.717, 1.165) is 37.5 Å². The third-order valence-electron chi connectivity index (χ3n) is 4.93. The number of hydrogen-bond acceptors (Lipinski definition) is 4. The average molecular weight is 367 g/mol. The molecule has 0 spiro atoms. The molecule has 0 amide bonds. The zero-order valence-electron chi connectivity index (χ0n) is 16.0. The van der Waals surface area contributed by atoms with Gasteiger partial charge >= 0.3 is 0 Å². The number of methoxy groups -OCH3 is 1. The maximum atomic E-state index is 6.10. The van der Waals surface area contributed by atoms with Crippen LogP contribution in [0.25, 0.3) is 0 Å². The summed E-state index contributed by atoms with van der Waals surface area (Å²) in [6.45, 7) is 3.51. The van der Waals surface area contributed by atoms with Gasteiger partial charge in [0.1, 0.15) is 5.75 Å². The maximum Gasteiger partial charge on any atom is 0.188 e. The second-order valence-electron chi connectivity index (χ2n) is 6.72. The van der Waals surface area contributed by atoms with Crippen molar-refractivity contribution in [2.75, 3.05) is 33.3 Å². The predicted octanol–water partition coefficient (Wildman–Crippen LogP) is 2.37. The summed E-state index contributed by atoms with van der Waals surface area (Å²) in [7, 11) is 1.72. The monoisotopic (exact) mass is 367 g/mol. The Bertz CT molecular complexity index is 728. The third kappa shape index (κ3) is 5.44. The lowest BCUT2D eigenvalue weighted by Crippen LogP contribution is -2.35. The van der Waals surface area contributed by atoms with Gasteiger partial charge < -0.3 is 15.8 Å². The molecule has 0 saturated carbocycles. The van der Waals surface area contributed by atoms with Gasteiger partial charge in [0.25, 0.3) is 0 Å².